The summed E-state index contributed by atoms with van der Waals surface area (Å²) in [4.78, 5) is 1.09. The van der Waals surface area contributed by atoms with Crippen LogP contribution < -0.4 is 5.73 Å². The van der Waals surface area contributed by atoms with Crippen molar-refractivity contribution in [1.82, 2.24) is 0 Å². The van der Waals surface area contributed by atoms with Gasteiger partial charge < -0.3 is 5.73 Å². The average Bonchev–Trinajstić information content (AvgIpc) is 2.30. The Morgan fingerprint density at radius 1 is 1.05 bits per heavy atom. The van der Waals surface area contributed by atoms with Crippen LogP contribution in [0.2, 0.25) is 5.02 Å². The molecule has 0 unspecified atom stereocenters. The van der Waals surface area contributed by atoms with Gasteiger partial charge in [-0.1, -0.05) is 29.3 Å². The van der Waals surface area contributed by atoms with Crippen molar-refractivity contribution in [2.45, 2.75) is 31.4 Å². The number of hydrogen-bond donors (Lipinski definition) is 1. The Morgan fingerprint density at radius 2 is 1.68 bits per heavy atom. The summed E-state index contributed by atoms with van der Waals surface area (Å²) in [5, 5.41) is 0.685. The predicted octanol–water partition coefficient (Wildman–Crippen LogP) is 5.14. The molecule has 0 aliphatic rings. The number of thioether (sulfide) groups is 1. The van der Waals surface area contributed by atoms with Crippen LogP contribution in [0.15, 0.2) is 35.2 Å². The molecule has 0 aromatic heterocycles. The van der Waals surface area contributed by atoms with Crippen LogP contribution in [-0.4, -0.2) is 0 Å². The molecule has 0 aliphatic heterocycles. The highest BCUT2D eigenvalue weighted by Crippen LogP contribution is 2.32. The third-order valence-corrected chi connectivity index (χ3v) is 4.54. The lowest BCUT2D eigenvalue weighted by molar-refractivity contribution is 1.21. The molecule has 19 heavy (non-hydrogen) atoms. The standard InChI is InChI=1S/C16H18ClNS/c1-10-6-11(2)14(12(3)7-10)9-19-16-5-4-13(17)8-15(16)18/h4-8H,9,18H2,1-3H3. The molecule has 0 radical (unpaired) electrons. The van der Waals surface area contributed by atoms with E-state index < -0.39 is 0 Å². The molecule has 2 N–H and O–H groups in total. The van der Waals surface area contributed by atoms with E-state index in [1.807, 2.05) is 12.1 Å². The van der Waals surface area contributed by atoms with Gasteiger partial charge >= 0.3 is 0 Å². The van der Waals surface area contributed by atoms with Crippen LogP contribution >= 0.6 is 23.4 Å². The fraction of sp³-hybridized carbons (Fsp3) is 0.250. The zero-order valence-electron chi connectivity index (χ0n) is 11.5. The second-order valence-corrected chi connectivity index (χ2v) is 6.30. The van der Waals surface area contributed by atoms with Crippen LogP contribution in [0.4, 0.5) is 5.69 Å². The van der Waals surface area contributed by atoms with Gasteiger partial charge in [0.05, 0.1) is 0 Å². The first-order chi connectivity index (χ1) is 8.97. The van der Waals surface area contributed by atoms with E-state index in [1.54, 1.807) is 17.8 Å². The molecule has 0 aliphatic carbocycles. The Labute approximate surface area is 124 Å². The maximum Gasteiger partial charge on any atom is 0.0467 e. The first kappa shape index (κ1) is 14.3. The van der Waals surface area contributed by atoms with Crippen molar-refractivity contribution < 1.29 is 0 Å². The van der Waals surface area contributed by atoms with Crippen molar-refractivity contribution in [2.24, 2.45) is 0 Å². The fourth-order valence-electron chi connectivity index (χ4n) is 2.24. The third kappa shape index (κ3) is 3.46. The van der Waals surface area contributed by atoms with Gasteiger partial charge in [-0.3, -0.25) is 0 Å². The number of rotatable bonds is 3. The Balaban J connectivity index is 2.19. The number of benzene rings is 2. The molecule has 2 aromatic carbocycles. The molecule has 0 saturated heterocycles. The summed E-state index contributed by atoms with van der Waals surface area (Å²) in [7, 11) is 0. The van der Waals surface area contributed by atoms with Gasteiger partial charge in [-0.25, -0.2) is 0 Å². The van der Waals surface area contributed by atoms with Crippen LogP contribution in [-0.2, 0) is 5.75 Å². The second kappa shape index (κ2) is 5.89. The van der Waals surface area contributed by atoms with Crippen LogP contribution in [0.1, 0.15) is 22.3 Å². The molecule has 0 bridgehead atoms. The number of nitrogens with two attached hydrogens (primary N) is 1. The van der Waals surface area contributed by atoms with Crippen molar-refractivity contribution in [2.75, 3.05) is 5.73 Å². The monoisotopic (exact) mass is 291 g/mol. The van der Waals surface area contributed by atoms with Crippen molar-refractivity contribution in [3.05, 3.63) is 57.6 Å². The number of nitrogen functional groups attached to an aromatic ring is 1. The van der Waals surface area contributed by atoms with Crippen molar-refractivity contribution in [3.63, 3.8) is 0 Å². The highest BCUT2D eigenvalue weighted by Gasteiger charge is 2.06. The number of halogens is 1. The van der Waals surface area contributed by atoms with E-state index in [0.717, 1.165) is 16.3 Å². The minimum atomic E-state index is 0.685. The maximum absolute atomic E-state index is 5.98. The number of aryl methyl sites for hydroxylation is 3. The summed E-state index contributed by atoms with van der Waals surface area (Å²) in [6.07, 6.45) is 0. The van der Waals surface area contributed by atoms with Crippen molar-refractivity contribution in [1.29, 1.82) is 0 Å². The van der Waals surface area contributed by atoms with E-state index in [-0.39, 0.29) is 0 Å². The van der Waals surface area contributed by atoms with Gasteiger partial charge in [0.25, 0.3) is 0 Å². The summed E-state index contributed by atoms with van der Waals surface area (Å²) >= 11 is 7.67. The Morgan fingerprint density at radius 3 is 2.26 bits per heavy atom. The van der Waals surface area contributed by atoms with Crippen LogP contribution in [0.3, 0.4) is 0 Å². The summed E-state index contributed by atoms with van der Waals surface area (Å²) < 4.78 is 0. The van der Waals surface area contributed by atoms with Gasteiger partial charge in [0.2, 0.25) is 0 Å². The summed E-state index contributed by atoms with van der Waals surface area (Å²) in [5.74, 6) is 0.934. The molecule has 0 heterocycles. The lowest BCUT2D eigenvalue weighted by Gasteiger charge is -2.12. The molecule has 3 heteroatoms. The van der Waals surface area contributed by atoms with Gasteiger partial charge in [0.1, 0.15) is 0 Å². The molecule has 0 saturated carbocycles. The first-order valence-electron chi connectivity index (χ1n) is 6.22. The highest BCUT2D eigenvalue weighted by atomic mass is 35.5. The van der Waals surface area contributed by atoms with Gasteiger partial charge in [0, 0.05) is 21.4 Å². The van der Waals surface area contributed by atoms with Crippen molar-refractivity contribution >= 4 is 29.1 Å². The Bertz CT molecular complexity index is 585. The molecular formula is C16H18ClNS. The molecular weight excluding hydrogens is 274 g/mol. The van der Waals surface area contributed by atoms with Gasteiger partial charge in [0.15, 0.2) is 0 Å². The van der Waals surface area contributed by atoms with E-state index in [9.17, 15) is 0 Å². The zero-order valence-corrected chi connectivity index (χ0v) is 13.0. The predicted molar refractivity (Wildman–Crippen MR) is 86.1 cm³/mol. The third-order valence-electron chi connectivity index (χ3n) is 3.18. The van der Waals surface area contributed by atoms with Crippen LogP contribution in [0, 0.1) is 20.8 Å². The largest absolute Gasteiger partial charge is 0.398 e. The number of hydrogen-bond acceptors (Lipinski definition) is 2. The molecule has 0 fully saturated rings. The van der Waals surface area contributed by atoms with Gasteiger partial charge in [-0.05, 0) is 55.7 Å². The smallest absolute Gasteiger partial charge is 0.0467 e. The number of anilines is 1. The first-order valence-corrected chi connectivity index (χ1v) is 7.58. The summed E-state index contributed by atoms with van der Waals surface area (Å²) in [6.45, 7) is 6.47. The molecule has 0 spiro atoms. The molecule has 2 rings (SSSR count). The molecule has 2 aromatic rings. The minimum absolute atomic E-state index is 0.685. The maximum atomic E-state index is 5.98. The normalized spacial score (nSPS) is 10.7. The van der Waals surface area contributed by atoms with E-state index in [2.05, 4.69) is 32.9 Å². The second-order valence-electron chi connectivity index (χ2n) is 4.85. The minimum Gasteiger partial charge on any atom is -0.398 e. The fourth-order valence-corrected chi connectivity index (χ4v) is 3.56. The Kier molecular flexibility index (Phi) is 4.43. The zero-order chi connectivity index (χ0) is 14.0. The molecule has 0 atom stereocenters. The van der Waals surface area contributed by atoms with E-state index >= 15 is 0 Å². The summed E-state index contributed by atoms with van der Waals surface area (Å²) in [5.41, 5.74) is 12.1. The van der Waals surface area contributed by atoms with Crippen molar-refractivity contribution in [3.8, 4) is 0 Å². The Hall–Kier alpha value is -1.12. The van der Waals surface area contributed by atoms with Crippen LogP contribution in [0.5, 0.6) is 0 Å². The lowest BCUT2D eigenvalue weighted by Crippen LogP contribution is -1.94. The molecule has 1 nitrogen and oxygen atoms in total. The quantitative estimate of drug-likeness (QED) is 0.626. The summed E-state index contributed by atoms with van der Waals surface area (Å²) in [6, 6.07) is 10.1. The average molecular weight is 292 g/mol. The topological polar surface area (TPSA) is 26.0 Å². The molecule has 0 amide bonds. The van der Waals surface area contributed by atoms with E-state index in [1.165, 1.54) is 22.3 Å². The SMILES string of the molecule is Cc1cc(C)c(CSc2ccc(Cl)cc2N)c(C)c1. The van der Waals surface area contributed by atoms with Gasteiger partial charge in [-0.2, -0.15) is 0 Å². The van der Waals surface area contributed by atoms with Crippen LogP contribution in [0.25, 0.3) is 0 Å². The molecule has 100 valence electrons. The van der Waals surface area contributed by atoms with Gasteiger partial charge in [-0.15, -0.1) is 11.8 Å². The van der Waals surface area contributed by atoms with E-state index in [4.69, 9.17) is 17.3 Å². The van der Waals surface area contributed by atoms with E-state index in [0.29, 0.717) is 5.02 Å². The highest BCUT2D eigenvalue weighted by molar-refractivity contribution is 7.98. The lowest BCUT2D eigenvalue weighted by atomic mass is 10.0.